The third-order valence-corrected chi connectivity index (χ3v) is 7.97. The fraction of sp³-hybridized carbons (Fsp3) is 0.350. The van der Waals surface area contributed by atoms with Crippen LogP contribution in [-0.4, -0.2) is 58.7 Å². The summed E-state index contributed by atoms with van der Waals surface area (Å²) in [6.07, 6.45) is 0. The second-order valence-electron chi connectivity index (χ2n) is 7.29. The van der Waals surface area contributed by atoms with Crippen LogP contribution >= 0.6 is 15.9 Å². The zero-order chi connectivity index (χ0) is 21.5. The summed E-state index contributed by atoms with van der Waals surface area (Å²) < 4.78 is 30.0. The maximum Gasteiger partial charge on any atom is 0.244 e. The maximum absolute atomic E-state index is 13.0. The van der Waals surface area contributed by atoms with Crippen LogP contribution in [0.1, 0.15) is 17.2 Å². The van der Waals surface area contributed by atoms with E-state index in [0.29, 0.717) is 47.2 Å². The average molecular weight is 491 g/mol. The highest BCUT2D eigenvalue weighted by Gasteiger charge is 2.30. The van der Waals surface area contributed by atoms with Crippen LogP contribution in [0.25, 0.3) is 5.82 Å². The van der Waals surface area contributed by atoms with Gasteiger partial charge in [-0.2, -0.15) is 9.40 Å². The number of hydrogen-bond donors (Lipinski definition) is 0. The molecule has 30 heavy (non-hydrogen) atoms. The largest absolute Gasteiger partial charge is 0.354 e. The molecule has 0 amide bonds. The Morgan fingerprint density at radius 3 is 2.23 bits per heavy atom. The van der Waals surface area contributed by atoms with Crippen LogP contribution in [0.15, 0.2) is 45.8 Å². The van der Waals surface area contributed by atoms with E-state index in [1.54, 1.807) is 28.9 Å². The van der Waals surface area contributed by atoms with Crippen molar-refractivity contribution in [3.8, 4) is 5.82 Å². The van der Waals surface area contributed by atoms with E-state index in [2.05, 4.69) is 35.9 Å². The maximum atomic E-state index is 13.0. The third-order valence-electron chi connectivity index (χ3n) is 5.05. The number of aryl methyl sites for hydroxylation is 3. The first-order valence-corrected chi connectivity index (χ1v) is 11.9. The van der Waals surface area contributed by atoms with Gasteiger partial charge in [-0.25, -0.2) is 23.1 Å². The summed E-state index contributed by atoms with van der Waals surface area (Å²) in [6, 6.07) is 10.8. The van der Waals surface area contributed by atoms with Crippen molar-refractivity contribution in [2.45, 2.75) is 25.7 Å². The second-order valence-corrected chi connectivity index (χ2v) is 10.1. The van der Waals surface area contributed by atoms with Gasteiger partial charge in [0.05, 0.1) is 10.6 Å². The molecule has 2 aromatic heterocycles. The molecule has 1 aliphatic rings. The molecule has 3 heterocycles. The summed E-state index contributed by atoms with van der Waals surface area (Å²) in [5.74, 6) is 2.15. The van der Waals surface area contributed by atoms with Crippen molar-refractivity contribution in [3.05, 3.63) is 58.1 Å². The van der Waals surface area contributed by atoms with E-state index in [9.17, 15) is 8.42 Å². The minimum atomic E-state index is -3.55. The summed E-state index contributed by atoms with van der Waals surface area (Å²) in [7, 11) is -3.55. The van der Waals surface area contributed by atoms with Crippen molar-refractivity contribution in [2.24, 2.45) is 0 Å². The Bertz CT molecular complexity index is 1190. The molecule has 1 saturated heterocycles. The third kappa shape index (κ3) is 3.99. The molecule has 0 saturated carbocycles. The number of benzene rings is 1. The van der Waals surface area contributed by atoms with Gasteiger partial charge in [0.25, 0.3) is 0 Å². The number of sulfonamides is 1. The Labute approximate surface area is 184 Å². The van der Waals surface area contributed by atoms with Gasteiger partial charge in [0.2, 0.25) is 10.0 Å². The molecular formula is C20H23BrN6O2S. The molecule has 0 spiro atoms. The van der Waals surface area contributed by atoms with Crippen molar-refractivity contribution >= 4 is 31.8 Å². The Kier molecular flexibility index (Phi) is 5.65. The van der Waals surface area contributed by atoms with Crippen LogP contribution in [-0.2, 0) is 10.0 Å². The zero-order valence-electron chi connectivity index (χ0n) is 17.1. The van der Waals surface area contributed by atoms with E-state index in [1.807, 2.05) is 32.9 Å². The normalized spacial score (nSPS) is 15.5. The summed E-state index contributed by atoms with van der Waals surface area (Å²) in [4.78, 5) is 11.5. The average Bonchev–Trinajstić information content (AvgIpc) is 3.06. The Hall–Kier alpha value is -2.30. The lowest BCUT2D eigenvalue weighted by atomic mass is 10.3. The highest BCUT2D eigenvalue weighted by atomic mass is 79.9. The van der Waals surface area contributed by atoms with Crippen LogP contribution in [0.5, 0.6) is 0 Å². The number of piperazine rings is 1. The van der Waals surface area contributed by atoms with Gasteiger partial charge in [-0.3, -0.25) is 0 Å². The molecule has 0 radical (unpaired) electrons. The SMILES string of the molecule is Cc1cc(C)n(-c2cc(N3CCN(S(=O)(=O)c4ccccc4Br)CC3)nc(C)n2)n1. The molecule has 1 aromatic carbocycles. The first-order chi connectivity index (χ1) is 14.3. The van der Waals surface area contributed by atoms with Crippen molar-refractivity contribution in [1.82, 2.24) is 24.1 Å². The standard InChI is InChI=1S/C20H23BrN6O2S/c1-14-12-15(2)27(24-14)20-13-19(22-16(3)23-20)25-8-10-26(11-9-25)30(28,29)18-7-5-4-6-17(18)21/h4-7,12-13H,8-11H2,1-3H3. The van der Waals surface area contributed by atoms with Gasteiger partial charge in [-0.15, -0.1) is 0 Å². The van der Waals surface area contributed by atoms with Gasteiger partial charge in [0.1, 0.15) is 11.6 Å². The molecule has 10 heteroatoms. The predicted molar refractivity (Wildman–Crippen MR) is 118 cm³/mol. The van der Waals surface area contributed by atoms with E-state index in [4.69, 9.17) is 0 Å². The highest BCUT2D eigenvalue weighted by Crippen LogP contribution is 2.26. The molecule has 1 fully saturated rings. The molecule has 4 rings (SSSR count). The summed E-state index contributed by atoms with van der Waals surface area (Å²) in [5.41, 5.74) is 1.93. The first-order valence-electron chi connectivity index (χ1n) is 9.64. The lowest BCUT2D eigenvalue weighted by Crippen LogP contribution is -2.49. The number of nitrogens with zero attached hydrogens (tertiary/aromatic N) is 6. The topological polar surface area (TPSA) is 84.2 Å². The quantitative estimate of drug-likeness (QED) is 0.558. The minimum Gasteiger partial charge on any atom is -0.354 e. The van der Waals surface area contributed by atoms with Crippen LogP contribution in [0.4, 0.5) is 5.82 Å². The predicted octanol–water partition coefficient (Wildman–Crippen LogP) is 2.86. The Balaban J connectivity index is 1.55. The van der Waals surface area contributed by atoms with Crippen molar-refractivity contribution < 1.29 is 8.42 Å². The lowest BCUT2D eigenvalue weighted by Gasteiger charge is -2.35. The van der Waals surface area contributed by atoms with Crippen LogP contribution in [0.2, 0.25) is 0 Å². The first kappa shape index (κ1) is 21.0. The summed E-state index contributed by atoms with van der Waals surface area (Å²) in [6.45, 7) is 7.68. The van der Waals surface area contributed by atoms with E-state index in [1.165, 1.54) is 4.31 Å². The molecule has 0 unspecified atom stereocenters. The van der Waals surface area contributed by atoms with E-state index in [0.717, 1.165) is 17.2 Å². The number of aromatic nitrogens is 4. The van der Waals surface area contributed by atoms with Gasteiger partial charge >= 0.3 is 0 Å². The smallest absolute Gasteiger partial charge is 0.244 e. The van der Waals surface area contributed by atoms with Crippen LogP contribution in [0.3, 0.4) is 0 Å². The monoisotopic (exact) mass is 490 g/mol. The van der Waals surface area contributed by atoms with E-state index in [-0.39, 0.29) is 0 Å². The summed E-state index contributed by atoms with van der Waals surface area (Å²) in [5, 5.41) is 4.51. The lowest BCUT2D eigenvalue weighted by molar-refractivity contribution is 0.383. The Morgan fingerprint density at radius 1 is 0.933 bits per heavy atom. The van der Waals surface area contributed by atoms with Crippen molar-refractivity contribution in [1.29, 1.82) is 0 Å². The van der Waals surface area contributed by atoms with Crippen molar-refractivity contribution in [3.63, 3.8) is 0 Å². The Morgan fingerprint density at radius 2 is 1.60 bits per heavy atom. The molecule has 3 aromatic rings. The van der Waals surface area contributed by atoms with Gasteiger partial charge in [-0.1, -0.05) is 12.1 Å². The van der Waals surface area contributed by atoms with Crippen molar-refractivity contribution in [2.75, 3.05) is 31.1 Å². The molecule has 0 bridgehead atoms. The highest BCUT2D eigenvalue weighted by molar-refractivity contribution is 9.10. The van der Waals surface area contributed by atoms with Crippen LogP contribution < -0.4 is 4.90 Å². The fourth-order valence-corrected chi connectivity index (χ4v) is 6.00. The molecule has 0 atom stereocenters. The van der Waals surface area contributed by atoms with E-state index < -0.39 is 10.0 Å². The molecule has 1 aliphatic heterocycles. The van der Waals surface area contributed by atoms with Crippen LogP contribution in [0, 0.1) is 20.8 Å². The molecule has 0 aliphatic carbocycles. The molecule has 158 valence electrons. The zero-order valence-corrected chi connectivity index (χ0v) is 19.5. The number of anilines is 1. The number of hydrogen-bond acceptors (Lipinski definition) is 6. The second kappa shape index (κ2) is 8.09. The number of rotatable bonds is 4. The van der Waals surface area contributed by atoms with E-state index >= 15 is 0 Å². The fourth-order valence-electron chi connectivity index (χ4n) is 3.62. The van der Waals surface area contributed by atoms with Gasteiger partial charge in [0.15, 0.2) is 5.82 Å². The summed E-state index contributed by atoms with van der Waals surface area (Å²) >= 11 is 3.35. The molecular weight excluding hydrogens is 468 g/mol. The molecule has 8 nitrogen and oxygen atoms in total. The molecule has 0 N–H and O–H groups in total. The number of halogens is 1. The van der Waals surface area contributed by atoms with Gasteiger partial charge < -0.3 is 4.90 Å². The minimum absolute atomic E-state index is 0.295. The van der Waals surface area contributed by atoms with Gasteiger partial charge in [0, 0.05) is 42.4 Å². The van der Waals surface area contributed by atoms with Gasteiger partial charge in [-0.05, 0) is 54.9 Å².